The van der Waals surface area contributed by atoms with Gasteiger partial charge in [0, 0.05) is 6.42 Å². The molecule has 0 rings (SSSR count). The fourth-order valence-corrected chi connectivity index (χ4v) is 0.796. The third-order valence-electron chi connectivity index (χ3n) is 1.72. The molecule has 0 heterocycles. The van der Waals surface area contributed by atoms with Crippen LogP contribution in [0.2, 0.25) is 0 Å². The lowest BCUT2D eigenvalue weighted by molar-refractivity contribution is -0.116. The molecule has 0 spiro atoms. The van der Waals surface area contributed by atoms with Gasteiger partial charge in [-0.05, 0) is 17.4 Å². The van der Waals surface area contributed by atoms with Crippen molar-refractivity contribution in [3.63, 3.8) is 0 Å². The highest BCUT2D eigenvalue weighted by atomic mass is 16.1. The highest BCUT2D eigenvalue weighted by Gasteiger charge is 2.20. The van der Waals surface area contributed by atoms with Crippen molar-refractivity contribution in [2.45, 2.75) is 40.5 Å². The molecule has 0 saturated carbocycles. The quantitative estimate of drug-likeness (QED) is 0.571. The van der Waals surface area contributed by atoms with Crippen molar-refractivity contribution in [1.82, 2.24) is 0 Å². The molecule has 1 nitrogen and oxygen atoms in total. The van der Waals surface area contributed by atoms with Crippen LogP contribution in [0.25, 0.3) is 0 Å². The van der Waals surface area contributed by atoms with E-state index in [-0.39, 0.29) is 11.2 Å². The zero-order chi connectivity index (χ0) is 9.07. The van der Waals surface area contributed by atoms with Crippen LogP contribution in [0.4, 0.5) is 0 Å². The molecule has 0 bridgehead atoms. The first kappa shape index (κ1) is 10.4. The number of hydrogen-bond donors (Lipinski definition) is 0. The molecule has 0 aromatic heterocycles. The van der Waals surface area contributed by atoms with Crippen LogP contribution in [0.3, 0.4) is 0 Å². The predicted molar refractivity (Wildman–Crippen MR) is 48.5 cm³/mol. The second-order valence-electron chi connectivity index (χ2n) is 3.90. The minimum atomic E-state index is -0.0632. The number of carbonyl (C=O) groups excluding carboxylic acids is 1. The van der Waals surface area contributed by atoms with Gasteiger partial charge in [0.2, 0.25) is 0 Å². The molecule has 0 saturated heterocycles. The van der Waals surface area contributed by atoms with Crippen LogP contribution in [0.15, 0.2) is 12.2 Å². The Hall–Kier alpha value is -0.590. The highest BCUT2D eigenvalue weighted by Crippen LogP contribution is 2.25. The lowest BCUT2D eigenvalue weighted by atomic mass is 9.84. The van der Waals surface area contributed by atoms with E-state index in [9.17, 15) is 4.79 Å². The summed E-state index contributed by atoms with van der Waals surface area (Å²) in [5, 5.41) is 0. The van der Waals surface area contributed by atoms with E-state index in [0.29, 0.717) is 6.42 Å². The van der Waals surface area contributed by atoms with Crippen molar-refractivity contribution in [3.8, 4) is 0 Å². The molecule has 0 amide bonds. The zero-order valence-corrected chi connectivity index (χ0v) is 8.03. The molecular formula is C10H18O. The molecular weight excluding hydrogens is 136 g/mol. The Morgan fingerprint density at radius 1 is 1.36 bits per heavy atom. The highest BCUT2D eigenvalue weighted by molar-refractivity contribution is 5.95. The summed E-state index contributed by atoms with van der Waals surface area (Å²) in [6, 6.07) is 0. The summed E-state index contributed by atoms with van der Waals surface area (Å²) in [6.07, 6.45) is 1.55. The lowest BCUT2D eigenvalue weighted by Gasteiger charge is -2.20. The number of rotatable bonds is 3. The standard InChI is InChI=1S/C10H18O/c1-6-7-9(11)8(2)10(3,4)5/h2,6-7H2,1,3-5H3. The summed E-state index contributed by atoms with van der Waals surface area (Å²) in [5.74, 6) is 0.208. The average molecular weight is 154 g/mol. The Labute approximate surface area is 69.5 Å². The van der Waals surface area contributed by atoms with E-state index in [2.05, 4.69) is 6.58 Å². The fraction of sp³-hybridized carbons (Fsp3) is 0.700. The summed E-state index contributed by atoms with van der Waals surface area (Å²) < 4.78 is 0. The van der Waals surface area contributed by atoms with Gasteiger partial charge in [0.15, 0.2) is 5.78 Å². The molecule has 0 unspecified atom stereocenters. The summed E-state index contributed by atoms with van der Waals surface area (Å²) in [5.41, 5.74) is 0.686. The Morgan fingerprint density at radius 2 is 1.82 bits per heavy atom. The molecule has 0 aliphatic carbocycles. The van der Waals surface area contributed by atoms with Crippen LogP contribution in [-0.2, 0) is 4.79 Å². The predicted octanol–water partition coefficient (Wildman–Crippen LogP) is 2.96. The van der Waals surface area contributed by atoms with Gasteiger partial charge in [-0.25, -0.2) is 0 Å². The van der Waals surface area contributed by atoms with Gasteiger partial charge in [0.05, 0.1) is 0 Å². The van der Waals surface area contributed by atoms with E-state index < -0.39 is 0 Å². The Morgan fingerprint density at radius 3 is 2.09 bits per heavy atom. The topological polar surface area (TPSA) is 17.1 Å². The maximum atomic E-state index is 11.3. The molecule has 0 N–H and O–H groups in total. The molecule has 11 heavy (non-hydrogen) atoms. The Balaban J connectivity index is 4.15. The molecule has 0 aliphatic rings. The van der Waals surface area contributed by atoms with Crippen molar-refractivity contribution >= 4 is 5.78 Å². The first-order valence-corrected chi connectivity index (χ1v) is 4.12. The monoisotopic (exact) mass is 154 g/mol. The van der Waals surface area contributed by atoms with Gasteiger partial charge in [0.1, 0.15) is 0 Å². The van der Waals surface area contributed by atoms with Crippen LogP contribution in [0.5, 0.6) is 0 Å². The molecule has 0 atom stereocenters. The number of hydrogen-bond acceptors (Lipinski definition) is 1. The van der Waals surface area contributed by atoms with Crippen molar-refractivity contribution in [2.75, 3.05) is 0 Å². The number of ketones is 1. The Kier molecular flexibility index (Phi) is 3.50. The first-order valence-electron chi connectivity index (χ1n) is 4.12. The summed E-state index contributed by atoms with van der Waals surface area (Å²) in [4.78, 5) is 11.3. The van der Waals surface area contributed by atoms with Gasteiger partial charge in [-0.3, -0.25) is 4.79 Å². The largest absolute Gasteiger partial charge is 0.295 e. The minimum absolute atomic E-state index is 0.0632. The second-order valence-corrected chi connectivity index (χ2v) is 3.90. The normalized spacial score (nSPS) is 11.3. The van der Waals surface area contributed by atoms with Gasteiger partial charge in [0.25, 0.3) is 0 Å². The van der Waals surface area contributed by atoms with Crippen molar-refractivity contribution in [2.24, 2.45) is 5.41 Å². The number of carbonyl (C=O) groups is 1. The molecule has 0 aromatic carbocycles. The van der Waals surface area contributed by atoms with E-state index in [1.807, 2.05) is 27.7 Å². The minimum Gasteiger partial charge on any atom is -0.295 e. The molecule has 0 radical (unpaired) electrons. The molecule has 64 valence electrons. The lowest BCUT2D eigenvalue weighted by Crippen LogP contribution is -2.16. The van der Waals surface area contributed by atoms with E-state index in [1.54, 1.807) is 0 Å². The van der Waals surface area contributed by atoms with Gasteiger partial charge >= 0.3 is 0 Å². The van der Waals surface area contributed by atoms with Crippen LogP contribution in [0, 0.1) is 5.41 Å². The first-order chi connectivity index (χ1) is 4.89. The van der Waals surface area contributed by atoms with E-state index in [0.717, 1.165) is 12.0 Å². The van der Waals surface area contributed by atoms with E-state index in [1.165, 1.54) is 0 Å². The second kappa shape index (κ2) is 3.70. The van der Waals surface area contributed by atoms with Gasteiger partial charge in [-0.2, -0.15) is 0 Å². The molecule has 1 heteroatoms. The van der Waals surface area contributed by atoms with Gasteiger partial charge in [-0.1, -0.05) is 34.3 Å². The number of Topliss-reactive ketones (excluding diaryl/α,β-unsaturated/α-hetero) is 1. The number of allylic oxidation sites excluding steroid dienone is 1. The van der Waals surface area contributed by atoms with Crippen LogP contribution in [-0.4, -0.2) is 5.78 Å². The fourth-order valence-electron chi connectivity index (χ4n) is 0.796. The third kappa shape index (κ3) is 3.35. The SMILES string of the molecule is C=C(C(=O)CCC)C(C)(C)C. The molecule has 0 fully saturated rings. The van der Waals surface area contributed by atoms with Gasteiger partial charge in [-0.15, -0.1) is 0 Å². The van der Waals surface area contributed by atoms with Crippen molar-refractivity contribution in [3.05, 3.63) is 12.2 Å². The average Bonchev–Trinajstić information content (AvgIpc) is 1.85. The maximum absolute atomic E-state index is 11.3. The van der Waals surface area contributed by atoms with Crippen LogP contribution in [0.1, 0.15) is 40.5 Å². The van der Waals surface area contributed by atoms with Crippen molar-refractivity contribution in [1.29, 1.82) is 0 Å². The van der Waals surface area contributed by atoms with Crippen LogP contribution < -0.4 is 0 Å². The molecule has 0 aromatic rings. The van der Waals surface area contributed by atoms with Crippen molar-refractivity contribution < 1.29 is 4.79 Å². The summed E-state index contributed by atoms with van der Waals surface area (Å²) >= 11 is 0. The van der Waals surface area contributed by atoms with E-state index >= 15 is 0 Å². The Bertz CT molecular complexity index is 160. The molecule has 0 aliphatic heterocycles. The summed E-state index contributed by atoms with van der Waals surface area (Å²) in [7, 11) is 0. The summed E-state index contributed by atoms with van der Waals surface area (Å²) in [6.45, 7) is 11.9. The smallest absolute Gasteiger partial charge is 0.158 e. The maximum Gasteiger partial charge on any atom is 0.158 e. The zero-order valence-electron chi connectivity index (χ0n) is 8.03. The van der Waals surface area contributed by atoms with Gasteiger partial charge < -0.3 is 0 Å². The van der Waals surface area contributed by atoms with Crippen LogP contribution >= 0.6 is 0 Å². The van der Waals surface area contributed by atoms with E-state index in [4.69, 9.17) is 0 Å². The third-order valence-corrected chi connectivity index (χ3v) is 1.72.